The molecule has 17 nitrogen and oxygen atoms in total. The summed E-state index contributed by atoms with van der Waals surface area (Å²) in [4.78, 5) is 54.3. The van der Waals surface area contributed by atoms with E-state index in [1.165, 1.54) is 64.2 Å². The van der Waals surface area contributed by atoms with Crippen molar-refractivity contribution in [3.8, 4) is 0 Å². The number of carbonyl (C=O) groups excluding carboxylic acids is 2. The Bertz CT molecular complexity index is 1610. The van der Waals surface area contributed by atoms with E-state index in [1.807, 2.05) is 12.2 Å². The molecule has 68 heavy (non-hydrogen) atoms. The molecular weight excluding hydrogens is 922 g/mol. The van der Waals surface area contributed by atoms with Gasteiger partial charge in [-0.25, -0.2) is 9.13 Å². The molecule has 0 radical (unpaired) electrons. The average molecular weight is 1010 g/mol. The normalized spacial score (nSPS) is 22.3. The van der Waals surface area contributed by atoms with Gasteiger partial charge in [0, 0.05) is 12.8 Å². The van der Waals surface area contributed by atoms with Gasteiger partial charge in [-0.2, -0.15) is 0 Å². The van der Waals surface area contributed by atoms with Crippen LogP contribution in [-0.2, 0) is 41.8 Å². The number of aliphatic hydroxyl groups excluding tert-OH is 5. The zero-order valence-corrected chi connectivity index (χ0v) is 42.2. The summed E-state index contributed by atoms with van der Waals surface area (Å²) < 4.78 is 49.3. The van der Waals surface area contributed by atoms with E-state index in [-0.39, 0.29) is 19.3 Å². The van der Waals surface area contributed by atoms with E-state index in [4.69, 9.17) is 18.5 Å². The van der Waals surface area contributed by atoms with Gasteiger partial charge in [-0.15, -0.1) is 0 Å². The molecule has 0 aliphatic heterocycles. The number of ether oxygens (including phenoxy) is 2. The zero-order chi connectivity index (χ0) is 50.5. The first-order valence-corrected chi connectivity index (χ1v) is 27.6. The molecule has 0 saturated heterocycles. The first-order valence-electron chi connectivity index (χ1n) is 24.6. The fraction of sp³-hybridized carbons (Fsp3) is 0.714. The number of phosphoric acid groups is 2. The predicted octanol–water partition coefficient (Wildman–Crippen LogP) is 8.59. The van der Waals surface area contributed by atoms with E-state index in [9.17, 15) is 58.9 Å². The molecule has 0 heterocycles. The third-order valence-corrected chi connectivity index (χ3v) is 12.4. The lowest BCUT2D eigenvalue weighted by Gasteiger charge is -2.43. The van der Waals surface area contributed by atoms with Crippen LogP contribution in [0.15, 0.2) is 72.9 Å². The fourth-order valence-electron chi connectivity index (χ4n) is 7.08. The predicted molar refractivity (Wildman–Crippen MR) is 261 cm³/mol. The maximum Gasteiger partial charge on any atom is 0.472 e. The molecule has 0 spiro atoms. The van der Waals surface area contributed by atoms with E-state index in [0.717, 1.165) is 51.4 Å². The van der Waals surface area contributed by atoms with Crippen molar-refractivity contribution in [3.05, 3.63) is 72.9 Å². The van der Waals surface area contributed by atoms with Gasteiger partial charge in [-0.3, -0.25) is 23.2 Å². The number of aliphatic hydroxyl groups is 5. The minimum atomic E-state index is -5.38. The van der Waals surface area contributed by atoms with Crippen LogP contribution in [-0.4, -0.2) is 114 Å². The second-order valence-electron chi connectivity index (χ2n) is 17.0. The van der Waals surface area contributed by atoms with Crippen LogP contribution in [0.25, 0.3) is 0 Å². The summed E-state index contributed by atoms with van der Waals surface area (Å²) in [6.45, 7) is 2.85. The molecule has 9 atom stereocenters. The van der Waals surface area contributed by atoms with Crippen molar-refractivity contribution in [2.75, 3.05) is 13.2 Å². The molecule has 0 aromatic rings. The summed E-state index contributed by atoms with van der Waals surface area (Å²) in [6, 6.07) is 0. The number of unbranched alkanes of at least 4 members (excludes halogenated alkanes) is 14. The lowest BCUT2D eigenvalue weighted by molar-refractivity contribution is -0.216. The van der Waals surface area contributed by atoms with E-state index < -0.39 is 89.6 Å². The van der Waals surface area contributed by atoms with E-state index >= 15 is 0 Å². The summed E-state index contributed by atoms with van der Waals surface area (Å²) in [5.74, 6) is -1.39. The van der Waals surface area contributed by atoms with Crippen molar-refractivity contribution in [1.29, 1.82) is 0 Å². The molecule has 0 amide bonds. The Morgan fingerprint density at radius 2 is 1.07 bits per heavy atom. The summed E-state index contributed by atoms with van der Waals surface area (Å²) in [5.41, 5.74) is 0. The topological polar surface area (TPSA) is 276 Å². The van der Waals surface area contributed by atoms with Crippen molar-refractivity contribution in [3.63, 3.8) is 0 Å². The second kappa shape index (κ2) is 39.1. The summed E-state index contributed by atoms with van der Waals surface area (Å²) in [5, 5.41) is 51.5. The minimum Gasteiger partial charge on any atom is -0.462 e. The third kappa shape index (κ3) is 33.1. The van der Waals surface area contributed by atoms with Gasteiger partial charge in [0.25, 0.3) is 0 Å². The van der Waals surface area contributed by atoms with Crippen LogP contribution >= 0.6 is 15.6 Å². The van der Waals surface area contributed by atoms with E-state index in [0.29, 0.717) is 12.8 Å². The van der Waals surface area contributed by atoms with Gasteiger partial charge in [-0.05, 0) is 44.9 Å². The Morgan fingerprint density at radius 1 is 0.559 bits per heavy atom. The lowest BCUT2D eigenvalue weighted by atomic mass is 9.85. The van der Waals surface area contributed by atoms with Crippen molar-refractivity contribution in [1.82, 2.24) is 0 Å². The van der Waals surface area contributed by atoms with Crippen molar-refractivity contribution in [2.45, 2.75) is 210 Å². The van der Waals surface area contributed by atoms with Gasteiger partial charge in [-0.1, -0.05) is 177 Å². The summed E-state index contributed by atoms with van der Waals surface area (Å²) >= 11 is 0. The highest BCUT2D eigenvalue weighted by Gasteiger charge is 2.54. The Morgan fingerprint density at radius 3 is 1.62 bits per heavy atom. The van der Waals surface area contributed by atoms with Gasteiger partial charge >= 0.3 is 27.6 Å². The number of phosphoric ester groups is 2. The molecule has 19 heteroatoms. The molecule has 0 aromatic heterocycles. The van der Waals surface area contributed by atoms with Crippen molar-refractivity contribution in [2.24, 2.45) is 0 Å². The van der Waals surface area contributed by atoms with Crippen molar-refractivity contribution < 1.29 is 82.0 Å². The number of allylic oxidation sites excluding steroid dienone is 10. The Kier molecular flexibility index (Phi) is 36.4. The molecular formula is C49H84O17P2. The van der Waals surface area contributed by atoms with Crippen LogP contribution in [0.4, 0.5) is 0 Å². The first-order chi connectivity index (χ1) is 32.5. The number of esters is 2. The number of carbonyl (C=O) groups is 2. The highest BCUT2D eigenvalue weighted by Crippen LogP contribution is 2.49. The highest BCUT2D eigenvalue weighted by atomic mass is 31.2. The van der Waals surface area contributed by atoms with Crippen LogP contribution in [0.3, 0.4) is 0 Å². The molecule has 6 unspecified atom stereocenters. The first kappa shape index (κ1) is 63.4. The number of hydrogen-bond acceptors (Lipinski definition) is 14. The maximum absolute atomic E-state index is 13.0. The van der Waals surface area contributed by atoms with Crippen LogP contribution < -0.4 is 0 Å². The number of hydrogen-bond donors (Lipinski definition) is 8. The minimum absolute atomic E-state index is 0.00684. The lowest BCUT2D eigenvalue weighted by Crippen LogP contribution is -2.64. The molecule has 1 rings (SSSR count). The van der Waals surface area contributed by atoms with E-state index in [1.54, 1.807) is 24.3 Å². The molecule has 392 valence electrons. The quantitative estimate of drug-likeness (QED) is 0.00938. The number of rotatable bonds is 40. The van der Waals surface area contributed by atoms with Gasteiger partial charge in [0.1, 0.15) is 43.2 Å². The molecule has 8 N–H and O–H groups in total. The van der Waals surface area contributed by atoms with E-state index in [2.05, 4.69) is 54.8 Å². The summed E-state index contributed by atoms with van der Waals surface area (Å²) in [7, 11) is -10.7. The van der Waals surface area contributed by atoms with Gasteiger partial charge in [0.2, 0.25) is 0 Å². The Hall–Kier alpha value is -2.60. The molecule has 0 aromatic carbocycles. The van der Waals surface area contributed by atoms with Gasteiger partial charge < -0.3 is 49.7 Å². The monoisotopic (exact) mass is 1010 g/mol. The maximum atomic E-state index is 13.0. The molecule has 0 bridgehead atoms. The van der Waals surface area contributed by atoms with Crippen LogP contribution in [0.2, 0.25) is 0 Å². The Balaban J connectivity index is 2.66. The smallest absolute Gasteiger partial charge is 0.462 e. The fourth-order valence-corrected chi connectivity index (χ4v) is 8.62. The average Bonchev–Trinajstić information content (AvgIpc) is 3.29. The van der Waals surface area contributed by atoms with Crippen molar-refractivity contribution >= 4 is 27.6 Å². The Labute approximate surface area is 404 Å². The molecule has 1 fully saturated rings. The van der Waals surface area contributed by atoms with Crippen LogP contribution in [0.5, 0.6) is 0 Å². The molecule has 1 aliphatic rings. The summed E-state index contributed by atoms with van der Waals surface area (Å²) in [6.07, 6.45) is 28.8. The van der Waals surface area contributed by atoms with Gasteiger partial charge in [0.05, 0.1) is 12.7 Å². The highest BCUT2D eigenvalue weighted by molar-refractivity contribution is 7.47. The third-order valence-electron chi connectivity index (χ3n) is 10.9. The van der Waals surface area contributed by atoms with Gasteiger partial charge in [0.15, 0.2) is 6.10 Å². The van der Waals surface area contributed by atoms with Crippen LogP contribution in [0.1, 0.15) is 162 Å². The second-order valence-corrected chi connectivity index (χ2v) is 19.6. The zero-order valence-electron chi connectivity index (χ0n) is 40.4. The largest absolute Gasteiger partial charge is 0.472 e. The standard InChI is InChI=1S/C49H84O17P2/c1-3-5-7-9-11-13-15-17-18-20-22-24-26-28-32-37-43(52)64-41(39-63-68(60,61)66-49-46(55)44(53)45(54)48(47(49)56)65-67(57,58)59)38-62-42(51)36-33-29-31-35-40(50)34-30-27-25-23-21-19-16-14-12-10-8-6-4-2/h6,8,12,14,19,21,25,27,29-31,34,40-41,44-50,53-56H,3-5,7,9-11,13,15-18,20,22-24,26,28,32-33,35-39H2,1-2H3,(H,60,61)(H2,57,58,59)/b8-6-,14-12-,21-19-,27-25-,31-29-,34-30-/t40?,41-,44?,45?,46?,47?,48-,49+/m1/s1. The van der Waals surface area contributed by atoms with Crippen LogP contribution in [0, 0.1) is 0 Å². The SMILES string of the molecule is CC/C=C\C/C=C\C/C=C\C/C=C\C=C/C(O)C/C=C\CCC(=O)OC[C@H](COP(=O)(O)O[C@H]1C(O)C(O)C(O)[C@@H](OP(=O)(O)O)C1O)OC(=O)CCCCCCCCCCCCCCCCC. The molecule has 1 aliphatic carbocycles. The molecule has 1 saturated carbocycles.